The number of hydrogen-bond acceptors (Lipinski definition) is 4. The lowest BCUT2D eigenvalue weighted by Crippen LogP contribution is -2.41. The van der Waals surface area contributed by atoms with E-state index in [1.54, 1.807) is 12.1 Å². The largest absolute Gasteiger partial charge is 0.598 e. The van der Waals surface area contributed by atoms with Crippen LogP contribution in [0.3, 0.4) is 0 Å². The first kappa shape index (κ1) is 19.3. The van der Waals surface area contributed by atoms with E-state index in [1.165, 1.54) is 0 Å². The predicted octanol–water partition coefficient (Wildman–Crippen LogP) is 4.14. The van der Waals surface area contributed by atoms with Gasteiger partial charge in [-0.05, 0) is 78.0 Å². The molecule has 4 nitrogen and oxygen atoms in total. The van der Waals surface area contributed by atoms with E-state index in [4.69, 9.17) is 4.74 Å². The summed E-state index contributed by atoms with van der Waals surface area (Å²) >= 11 is -1.12. The third-order valence-electron chi connectivity index (χ3n) is 3.79. The number of esters is 1. The Balaban J connectivity index is 2.11. The third kappa shape index (κ3) is 5.50. The topological polar surface area (TPSA) is 61.4 Å². The molecule has 0 unspecified atom stereocenters. The molecule has 1 saturated carbocycles. The van der Waals surface area contributed by atoms with Gasteiger partial charge in [0.2, 0.25) is 0 Å². The van der Waals surface area contributed by atoms with Gasteiger partial charge in [-0.3, -0.25) is 0 Å². The van der Waals surface area contributed by atoms with Gasteiger partial charge in [0, 0.05) is 11.4 Å². The Hall–Kier alpha value is -1.04. The summed E-state index contributed by atoms with van der Waals surface area (Å²) in [6.45, 7) is 11.5. The normalized spacial score (nSPS) is 18.1. The number of hydrogen-bond donors (Lipinski definition) is 1. The van der Waals surface area contributed by atoms with Crippen LogP contribution in [-0.2, 0) is 16.1 Å². The standard InChI is InChI=1S/C19H29NO3S/c1-18(2,3)23-17(21)15-11-9-14(10-12-15)16(13-7-8-13)20-24(22)19(4,5)6/h9-13,16,20H,7-8H2,1-6H3/t16-,24-/m1/s1. The molecule has 1 aliphatic carbocycles. The fourth-order valence-electron chi connectivity index (χ4n) is 2.32. The van der Waals surface area contributed by atoms with Gasteiger partial charge >= 0.3 is 5.97 Å². The van der Waals surface area contributed by atoms with E-state index in [-0.39, 0.29) is 16.8 Å². The molecule has 0 aliphatic heterocycles. The van der Waals surface area contributed by atoms with Gasteiger partial charge in [0.1, 0.15) is 10.3 Å². The van der Waals surface area contributed by atoms with Crippen LogP contribution in [-0.4, -0.2) is 20.9 Å². The minimum Gasteiger partial charge on any atom is -0.598 e. The Bertz CT molecular complexity index is 568. The number of benzene rings is 1. The van der Waals surface area contributed by atoms with Crippen LogP contribution in [0.1, 0.15) is 76.3 Å². The van der Waals surface area contributed by atoms with E-state index in [9.17, 15) is 9.35 Å². The molecule has 0 radical (unpaired) electrons. The van der Waals surface area contributed by atoms with Crippen LogP contribution >= 0.6 is 0 Å². The molecule has 24 heavy (non-hydrogen) atoms. The summed E-state index contributed by atoms with van der Waals surface area (Å²) in [6, 6.07) is 7.53. The zero-order chi connectivity index (χ0) is 18.1. The average molecular weight is 352 g/mol. The Morgan fingerprint density at radius 3 is 2.12 bits per heavy atom. The highest BCUT2D eigenvalue weighted by molar-refractivity contribution is 7.90. The minimum absolute atomic E-state index is 0.0674. The number of carbonyl (C=O) groups excluding carboxylic acids is 1. The molecule has 1 aliphatic rings. The highest BCUT2D eigenvalue weighted by Crippen LogP contribution is 2.42. The quantitative estimate of drug-likeness (QED) is 0.639. The fourth-order valence-corrected chi connectivity index (χ4v) is 3.23. The van der Waals surface area contributed by atoms with Crippen LogP contribution in [0.4, 0.5) is 0 Å². The molecule has 1 N–H and O–H groups in total. The second kappa shape index (κ2) is 7.06. The minimum atomic E-state index is -1.12. The number of rotatable bonds is 5. The van der Waals surface area contributed by atoms with Crippen molar-refractivity contribution in [1.82, 2.24) is 4.72 Å². The molecular formula is C19H29NO3S. The molecule has 0 amide bonds. The maximum Gasteiger partial charge on any atom is 0.338 e. The molecule has 1 aromatic rings. The van der Waals surface area contributed by atoms with Crippen molar-refractivity contribution in [2.24, 2.45) is 5.92 Å². The molecular weight excluding hydrogens is 322 g/mol. The Kier molecular flexibility index (Phi) is 5.68. The van der Waals surface area contributed by atoms with Gasteiger partial charge in [0.25, 0.3) is 0 Å². The summed E-state index contributed by atoms with van der Waals surface area (Å²) in [7, 11) is 0. The lowest BCUT2D eigenvalue weighted by molar-refractivity contribution is 0.00695. The molecule has 2 atom stereocenters. The van der Waals surface area contributed by atoms with Crippen LogP contribution in [0, 0.1) is 5.92 Å². The van der Waals surface area contributed by atoms with Crippen LogP contribution in [0.25, 0.3) is 0 Å². The van der Waals surface area contributed by atoms with Gasteiger partial charge < -0.3 is 9.29 Å². The SMILES string of the molecule is CC(C)(C)OC(=O)c1ccc([C@H](N[S@+]([O-])C(C)(C)C)C2CC2)cc1. The fraction of sp³-hybridized carbons (Fsp3) is 0.632. The molecule has 1 aromatic carbocycles. The summed E-state index contributed by atoms with van der Waals surface area (Å²) < 4.78 is 20.8. The number of carbonyl (C=O) groups is 1. The molecule has 0 spiro atoms. The van der Waals surface area contributed by atoms with Crippen LogP contribution in [0.5, 0.6) is 0 Å². The summed E-state index contributed by atoms with van der Waals surface area (Å²) in [5, 5.41) is 0. The Labute approximate surface area is 148 Å². The molecule has 1 fully saturated rings. The molecule has 0 heterocycles. The van der Waals surface area contributed by atoms with E-state index >= 15 is 0 Å². The molecule has 134 valence electrons. The molecule has 2 rings (SSSR count). The zero-order valence-electron chi connectivity index (χ0n) is 15.5. The summed E-state index contributed by atoms with van der Waals surface area (Å²) in [4.78, 5) is 12.1. The van der Waals surface area contributed by atoms with E-state index in [1.807, 2.05) is 53.7 Å². The van der Waals surface area contributed by atoms with Gasteiger partial charge in [-0.25, -0.2) is 4.79 Å². The highest BCUT2D eigenvalue weighted by Gasteiger charge is 2.38. The average Bonchev–Trinajstić information content (AvgIpc) is 3.26. The van der Waals surface area contributed by atoms with Crippen molar-refractivity contribution in [3.63, 3.8) is 0 Å². The van der Waals surface area contributed by atoms with Gasteiger partial charge in [-0.1, -0.05) is 12.1 Å². The lowest BCUT2D eigenvalue weighted by atomic mass is 10.0. The number of nitrogens with one attached hydrogen (secondary N) is 1. The van der Waals surface area contributed by atoms with Gasteiger partial charge in [0.05, 0.1) is 11.6 Å². The van der Waals surface area contributed by atoms with Crippen molar-refractivity contribution in [2.45, 2.75) is 70.8 Å². The summed E-state index contributed by atoms with van der Waals surface area (Å²) in [6.07, 6.45) is 2.29. The maximum absolute atomic E-state index is 12.4. The lowest BCUT2D eigenvalue weighted by Gasteiger charge is -2.28. The van der Waals surface area contributed by atoms with Crippen molar-refractivity contribution < 1.29 is 14.1 Å². The van der Waals surface area contributed by atoms with E-state index in [0.29, 0.717) is 11.5 Å². The molecule has 0 aromatic heterocycles. The predicted molar refractivity (Wildman–Crippen MR) is 98.1 cm³/mol. The second-order valence-electron chi connectivity index (χ2n) is 8.44. The first-order valence-electron chi connectivity index (χ1n) is 8.49. The summed E-state index contributed by atoms with van der Waals surface area (Å²) in [5.41, 5.74) is 1.11. The number of ether oxygens (including phenoxy) is 1. The zero-order valence-corrected chi connectivity index (χ0v) is 16.3. The van der Waals surface area contributed by atoms with Gasteiger partial charge in [-0.2, -0.15) is 0 Å². The van der Waals surface area contributed by atoms with Gasteiger partial charge in [0.15, 0.2) is 0 Å². The van der Waals surface area contributed by atoms with E-state index < -0.39 is 17.0 Å². The van der Waals surface area contributed by atoms with Gasteiger partial charge in [-0.15, -0.1) is 4.72 Å². The first-order chi connectivity index (χ1) is 11.0. The van der Waals surface area contributed by atoms with Crippen molar-refractivity contribution in [1.29, 1.82) is 0 Å². The summed E-state index contributed by atoms with van der Waals surface area (Å²) in [5.74, 6) is 0.201. The van der Waals surface area contributed by atoms with Crippen LogP contribution in [0.15, 0.2) is 24.3 Å². The van der Waals surface area contributed by atoms with E-state index in [0.717, 1.165) is 18.4 Å². The molecule has 0 bridgehead atoms. The smallest absolute Gasteiger partial charge is 0.338 e. The highest BCUT2D eigenvalue weighted by atomic mass is 32.2. The van der Waals surface area contributed by atoms with Crippen LogP contribution in [0.2, 0.25) is 0 Å². The van der Waals surface area contributed by atoms with E-state index in [2.05, 4.69) is 4.72 Å². The van der Waals surface area contributed by atoms with Crippen molar-refractivity contribution in [2.75, 3.05) is 0 Å². The van der Waals surface area contributed by atoms with Crippen LogP contribution < -0.4 is 4.72 Å². The monoisotopic (exact) mass is 351 g/mol. The first-order valence-corrected chi connectivity index (χ1v) is 9.64. The maximum atomic E-state index is 12.4. The molecule has 0 saturated heterocycles. The van der Waals surface area contributed by atoms with Crippen molar-refractivity contribution in [3.05, 3.63) is 35.4 Å². The third-order valence-corrected chi connectivity index (χ3v) is 5.37. The second-order valence-corrected chi connectivity index (χ2v) is 10.4. The molecule has 5 heteroatoms. The Morgan fingerprint density at radius 2 is 1.71 bits per heavy atom. The Morgan fingerprint density at radius 1 is 1.17 bits per heavy atom. The van der Waals surface area contributed by atoms with Crippen molar-refractivity contribution >= 4 is 17.3 Å². The van der Waals surface area contributed by atoms with Crippen molar-refractivity contribution in [3.8, 4) is 0 Å².